The van der Waals surface area contributed by atoms with Crippen LogP contribution in [0.25, 0.3) is 10.9 Å². The summed E-state index contributed by atoms with van der Waals surface area (Å²) in [5.74, 6) is 2.26. The number of carbonyl (C=O) groups excluding carboxylic acids is 1. The number of fused-ring (bicyclic) bond motifs is 1. The van der Waals surface area contributed by atoms with Gasteiger partial charge in [0.2, 0.25) is 0 Å². The van der Waals surface area contributed by atoms with Crippen LogP contribution < -0.4 is 9.64 Å². The maximum atomic E-state index is 13.3. The fourth-order valence-electron chi connectivity index (χ4n) is 4.55. The molecule has 0 aliphatic carbocycles. The molecule has 6 heteroatoms. The third-order valence-corrected chi connectivity index (χ3v) is 6.33. The number of benzene rings is 2. The molecule has 3 aromatic rings. The summed E-state index contributed by atoms with van der Waals surface area (Å²) >= 11 is 0. The van der Waals surface area contributed by atoms with Gasteiger partial charge in [-0.15, -0.1) is 0 Å². The third kappa shape index (κ3) is 3.95. The van der Waals surface area contributed by atoms with E-state index in [1.807, 2.05) is 47.4 Å². The predicted octanol–water partition coefficient (Wildman–Crippen LogP) is 3.71. The zero-order valence-electron chi connectivity index (χ0n) is 17.8. The largest absolute Gasteiger partial charge is 0.497 e. The summed E-state index contributed by atoms with van der Waals surface area (Å²) in [6, 6.07) is 18.2. The van der Waals surface area contributed by atoms with Crippen molar-refractivity contribution in [1.82, 2.24) is 9.88 Å². The van der Waals surface area contributed by atoms with Crippen molar-refractivity contribution in [3.63, 3.8) is 0 Å². The van der Waals surface area contributed by atoms with Gasteiger partial charge < -0.3 is 19.3 Å². The number of hydrogen-bond acceptors (Lipinski definition) is 5. The van der Waals surface area contributed by atoms with Gasteiger partial charge in [0, 0.05) is 37.5 Å². The Morgan fingerprint density at radius 1 is 1.06 bits per heavy atom. The van der Waals surface area contributed by atoms with Crippen LogP contribution in [0.3, 0.4) is 0 Å². The highest BCUT2D eigenvalue weighted by Crippen LogP contribution is 2.33. The summed E-state index contributed by atoms with van der Waals surface area (Å²) in [5.41, 5.74) is 2.91. The van der Waals surface area contributed by atoms with E-state index in [0.29, 0.717) is 32.2 Å². The highest BCUT2D eigenvalue weighted by Gasteiger charge is 2.27. The second-order valence-electron chi connectivity index (χ2n) is 8.15. The smallest absolute Gasteiger partial charge is 0.254 e. The van der Waals surface area contributed by atoms with E-state index in [1.165, 1.54) is 5.56 Å². The molecule has 1 aromatic heterocycles. The number of carbonyl (C=O) groups is 1. The molecule has 2 fully saturated rings. The van der Waals surface area contributed by atoms with Crippen molar-refractivity contribution < 1.29 is 14.3 Å². The molecule has 0 saturated carbocycles. The summed E-state index contributed by atoms with van der Waals surface area (Å²) in [4.78, 5) is 22.4. The molecular weight excluding hydrogens is 390 g/mol. The van der Waals surface area contributed by atoms with Gasteiger partial charge in [0.05, 0.1) is 31.4 Å². The van der Waals surface area contributed by atoms with Crippen molar-refractivity contribution >= 4 is 22.6 Å². The monoisotopic (exact) mass is 417 g/mol. The van der Waals surface area contributed by atoms with Gasteiger partial charge in [-0.05, 0) is 36.2 Å². The van der Waals surface area contributed by atoms with E-state index >= 15 is 0 Å². The molecule has 6 nitrogen and oxygen atoms in total. The Labute approximate surface area is 182 Å². The lowest BCUT2D eigenvalue weighted by Crippen LogP contribution is -2.40. The van der Waals surface area contributed by atoms with Crippen molar-refractivity contribution in [2.45, 2.75) is 12.3 Å². The molecular formula is C25H27N3O3. The number of methoxy groups -OCH3 is 1. The van der Waals surface area contributed by atoms with E-state index in [0.717, 1.165) is 47.5 Å². The molecule has 0 spiro atoms. The van der Waals surface area contributed by atoms with Crippen molar-refractivity contribution in [3.8, 4) is 5.75 Å². The number of amides is 1. The van der Waals surface area contributed by atoms with E-state index in [9.17, 15) is 4.79 Å². The van der Waals surface area contributed by atoms with Crippen molar-refractivity contribution in [2.75, 3.05) is 51.4 Å². The Morgan fingerprint density at radius 2 is 1.84 bits per heavy atom. The van der Waals surface area contributed by atoms with Crippen LogP contribution in [0.1, 0.15) is 28.3 Å². The normalized spacial score (nSPS) is 19.1. The Kier molecular flexibility index (Phi) is 5.47. The van der Waals surface area contributed by atoms with E-state index in [-0.39, 0.29) is 5.91 Å². The van der Waals surface area contributed by atoms with Crippen LogP contribution in [0.2, 0.25) is 0 Å². The topological polar surface area (TPSA) is 54.9 Å². The molecule has 1 amide bonds. The van der Waals surface area contributed by atoms with Gasteiger partial charge in [-0.25, -0.2) is 4.98 Å². The van der Waals surface area contributed by atoms with Crippen molar-refractivity contribution in [1.29, 1.82) is 0 Å². The Balaban J connectivity index is 1.44. The first-order valence-electron chi connectivity index (χ1n) is 10.9. The highest BCUT2D eigenvalue weighted by molar-refractivity contribution is 6.07. The number of para-hydroxylation sites is 1. The number of pyridine rings is 1. The lowest BCUT2D eigenvalue weighted by molar-refractivity contribution is 0.0304. The molecule has 5 rings (SSSR count). The van der Waals surface area contributed by atoms with Crippen LogP contribution in [0, 0.1) is 0 Å². The van der Waals surface area contributed by atoms with Crippen molar-refractivity contribution in [2.24, 2.45) is 0 Å². The first kappa shape index (κ1) is 19.8. The van der Waals surface area contributed by atoms with Crippen LogP contribution in [-0.2, 0) is 4.74 Å². The molecule has 2 saturated heterocycles. The molecule has 0 bridgehead atoms. The van der Waals surface area contributed by atoms with Crippen LogP contribution >= 0.6 is 0 Å². The van der Waals surface area contributed by atoms with Gasteiger partial charge in [0.25, 0.3) is 5.91 Å². The zero-order valence-corrected chi connectivity index (χ0v) is 17.8. The van der Waals surface area contributed by atoms with Crippen LogP contribution in [0.4, 0.5) is 5.82 Å². The second kappa shape index (κ2) is 8.55. The number of rotatable bonds is 4. The van der Waals surface area contributed by atoms with Crippen LogP contribution in [-0.4, -0.2) is 62.3 Å². The molecule has 0 unspecified atom stereocenters. The predicted molar refractivity (Wildman–Crippen MR) is 121 cm³/mol. The van der Waals surface area contributed by atoms with Gasteiger partial charge >= 0.3 is 0 Å². The number of aromatic nitrogens is 1. The summed E-state index contributed by atoms with van der Waals surface area (Å²) in [5, 5.41) is 0.911. The summed E-state index contributed by atoms with van der Waals surface area (Å²) < 4.78 is 10.7. The van der Waals surface area contributed by atoms with Crippen molar-refractivity contribution in [3.05, 3.63) is 65.7 Å². The first-order valence-corrected chi connectivity index (χ1v) is 10.9. The molecule has 2 aromatic carbocycles. The average Bonchev–Trinajstić information content (AvgIpc) is 3.34. The minimum absolute atomic E-state index is 0.0639. The first-order chi connectivity index (χ1) is 15.2. The van der Waals surface area contributed by atoms with Crippen LogP contribution in [0.15, 0.2) is 54.6 Å². The minimum Gasteiger partial charge on any atom is -0.497 e. The molecule has 31 heavy (non-hydrogen) atoms. The van der Waals surface area contributed by atoms with E-state index in [2.05, 4.69) is 17.0 Å². The zero-order chi connectivity index (χ0) is 21.2. The quantitative estimate of drug-likeness (QED) is 0.648. The van der Waals surface area contributed by atoms with Gasteiger partial charge in [-0.2, -0.15) is 0 Å². The maximum absolute atomic E-state index is 13.3. The molecule has 1 atom stereocenters. The van der Waals surface area contributed by atoms with Crippen LogP contribution in [0.5, 0.6) is 5.75 Å². The Hall–Kier alpha value is -3.12. The fourth-order valence-corrected chi connectivity index (χ4v) is 4.55. The average molecular weight is 418 g/mol. The SMILES string of the molecule is COc1ccc([C@@H]2CCN(c3cc(C(=O)N4CCOCC4)c4ccccc4n3)C2)cc1. The number of anilines is 1. The number of ether oxygens (including phenoxy) is 2. The number of morpholine rings is 1. The lowest BCUT2D eigenvalue weighted by Gasteiger charge is -2.28. The van der Waals surface area contributed by atoms with Gasteiger partial charge in [0.15, 0.2) is 0 Å². The van der Waals surface area contributed by atoms with E-state index in [1.54, 1.807) is 7.11 Å². The maximum Gasteiger partial charge on any atom is 0.254 e. The molecule has 2 aliphatic heterocycles. The molecule has 0 radical (unpaired) electrons. The van der Waals surface area contributed by atoms with Gasteiger partial charge in [-0.1, -0.05) is 30.3 Å². The minimum atomic E-state index is 0.0639. The summed E-state index contributed by atoms with van der Waals surface area (Å²) in [6.45, 7) is 4.27. The number of hydrogen-bond donors (Lipinski definition) is 0. The van der Waals surface area contributed by atoms with E-state index < -0.39 is 0 Å². The standard InChI is InChI=1S/C25H27N3O3/c1-30-20-8-6-18(7-9-20)19-10-11-28(17-19)24-16-22(21-4-2-3-5-23(21)26-24)25(29)27-12-14-31-15-13-27/h2-9,16,19H,10-15,17H2,1H3/t19-/m1/s1. The Morgan fingerprint density at radius 3 is 2.61 bits per heavy atom. The molecule has 160 valence electrons. The Bertz CT molecular complexity index is 1080. The highest BCUT2D eigenvalue weighted by atomic mass is 16.5. The van der Waals surface area contributed by atoms with E-state index in [4.69, 9.17) is 14.5 Å². The molecule has 2 aliphatic rings. The van der Waals surface area contributed by atoms with Gasteiger partial charge in [0.1, 0.15) is 11.6 Å². The fraction of sp³-hybridized carbons (Fsp3) is 0.360. The molecule has 0 N–H and O–H groups in total. The lowest BCUT2D eigenvalue weighted by atomic mass is 9.98. The molecule has 3 heterocycles. The summed E-state index contributed by atoms with van der Waals surface area (Å²) in [6.07, 6.45) is 1.06. The summed E-state index contributed by atoms with van der Waals surface area (Å²) in [7, 11) is 1.69. The third-order valence-electron chi connectivity index (χ3n) is 6.33. The van der Waals surface area contributed by atoms with Gasteiger partial charge in [-0.3, -0.25) is 4.79 Å². The number of nitrogens with zero attached hydrogens (tertiary/aromatic N) is 3. The second-order valence-corrected chi connectivity index (χ2v) is 8.15.